The van der Waals surface area contributed by atoms with Crippen molar-refractivity contribution in [3.63, 3.8) is 0 Å². The van der Waals surface area contributed by atoms with Crippen LogP contribution in [0.3, 0.4) is 0 Å². The van der Waals surface area contributed by atoms with Crippen molar-refractivity contribution < 1.29 is 32.5 Å². The molecule has 0 spiro atoms. The second-order valence-corrected chi connectivity index (χ2v) is 7.29. The van der Waals surface area contributed by atoms with Gasteiger partial charge in [0.2, 0.25) is 5.88 Å². The molecule has 3 heterocycles. The summed E-state index contributed by atoms with van der Waals surface area (Å²) in [5, 5.41) is 2.59. The minimum Gasteiger partial charge on any atom is -0.474 e. The lowest BCUT2D eigenvalue weighted by molar-refractivity contribution is 0.00905. The first-order valence-electron chi connectivity index (χ1n) is 9.67. The van der Waals surface area contributed by atoms with Gasteiger partial charge >= 0.3 is 0 Å². The van der Waals surface area contributed by atoms with Crippen LogP contribution in [0.15, 0.2) is 35.6 Å². The summed E-state index contributed by atoms with van der Waals surface area (Å²) in [4.78, 5) is 24.6. The molecular formula is C20H21F2N5O5. The highest BCUT2D eigenvalue weighted by Gasteiger charge is 2.62. The summed E-state index contributed by atoms with van der Waals surface area (Å²) < 4.78 is 50.8. The average molecular weight is 449 g/mol. The van der Waals surface area contributed by atoms with Gasteiger partial charge in [-0.2, -0.15) is 0 Å². The van der Waals surface area contributed by atoms with Gasteiger partial charge in [-0.05, 0) is 18.2 Å². The van der Waals surface area contributed by atoms with E-state index in [1.807, 2.05) is 0 Å². The Bertz CT molecular complexity index is 1040. The van der Waals surface area contributed by atoms with Gasteiger partial charge in [0.05, 0.1) is 32.2 Å². The average Bonchev–Trinajstić information content (AvgIpc) is 3.13. The van der Waals surface area contributed by atoms with Crippen molar-refractivity contribution in [1.82, 2.24) is 9.97 Å². The number of fused-ring (bicyclic) bond motifs is 1. The Morgan fingerprint density at radius 1 is 1.25 bits per heavy atom. The number of amides is 1. The van der Waals surface area contributed by atoms with Gasteiger partial charge in [-0.25, -0.2) is 23.7 Å². The highest BCUT2D eigenvalue weighted by Crippen LogP contribution is 2.48. The number of nitrogens with zero attached hydrogens (tertiary/aromatic N) is 3. The summed E-state index contributed by atoms with van der Waals surface area (Å²) in [6, 6.07) is 3.48. The summed E-state index contributed by atoms with van der Waals surface area (Å²) in [6.07, 6.45) is 2.54. The predicted octanol–water partition coefficient (Wildman–Crippen LogP) is 1.17. The highest BCUT2D eigenvalue weighted by atomic mass is 19.1. The van der Waals surface area contributed by atoms with Crippen LogP contribution in [0.1, 0.15) is 16.1 Å². The number of aliphatic imine (C=N–C) groups is 1. The quantitative estimate of drug-likeness (QED) is 0.603. The first-order chi connectivity index (χ1) is 15.4. The molecule has 1 fully saturated rings. The number of amidine groups is 1. The van der Waals surface area contributed by atoms with Crippen molar-refractivity contribution >= 4 is 17.6 Å². The number of carbonyl (C=O) groups is 1. The Labute approximate surface area is 181 Å². The van der Waals surface area contributed by atoms with Crippen molar-refractivity contribution in [3.05, 3.63) is 47.7 Å². The van der Waals surface area contributed by atoms with Gasteiger partial charge in [-0.3, -0.25) is 4.79 Å². The maximum atomic E-state index is 15.6. The SMILES string of the molecule is COCCOc1cnc(C(=O)Nc2ccc(F)c(C34COCC3(F)COC(N)=N4)c2)cn1. The van der Waals surface area contributed by atoms with Crippen LogP contribution in [0.5, 0.6) is 5.88 Å². The number of benzene rings is 1. The molecule has 32 heavy (non-hydrogen) atoms. The molecule has 4 rings (SSSR count). The highest BCUT2D eigenvalue weighted by molar-refractivity contribution is 6.02. The fraction of sp³-hybridized carbons (Fsp3) is 0.400. The number of hydrogen-bond donors (Lipinski definition) is 2. The lowest BCUT2D eigenvalue weighted by Gasteiger charge is -2.38. The molecule has 2 unspecified atom stereocenters. The van der Waals surface area contributed by atoms with E-state index < -0.39 is 29.5 Å². The molecular weight excluding hydrogens is 428 g/mol. The zero-order chi connectivity index (χ0) is 22.8. The molecule has 1 amide bonds. The maximum Gasteiger partial charge on any atom is 0.283 e. The van der Waals surface area contributed by atoms with E-state index in [1.165, 1.54) is 24.5 Å². The van der Waals surface area contributed by atoms with E-state index in [9.17, 15) is 9.18 Å². The molecule has 0 bridgehead atoms. The van der Waals surface area contributed by atoms with Gasteiger partial charge < -0.3 is 30.0 Å². The van der Waals surface area contributed by atoms with E-state index in [4.69, 9.17) is 24.7 Å². The monoisotopic (exact) mass is 449 g/mol. The molecule has 2 atom stereocenters. The van der Waals surface area contributed by atoms with Gasteiger partial charge in [-0.15, -0.1) is 0 Å². The van der Waals surface area contributed by atoms with Crippen LogP contribution in [-0.4, -0.2) is 67.7 Å². The second-order valence-electron chi connectivity index (χ2n) is 7.29. The number of aromatic nitrogens is 2. The Morgan fingerprint density at radius 3 is 2.84 bits per heavy atom. The number of nitrogens with one attached hydrogen (secondary N) is 1. The van der Waals surface area contributed by atoms with Gasteiger partial charge in [-0.1, -0.05) is 0 Å². The van der Waals surface area contributed by atoms with Crippen molar-refractivity contribution in [3.8, 4) is 5.88 Å². The lowest BCUT2D eigenvalue weighted by atomic mass is 9.78. The van der Waals surface area contributed by atoms with Crippen molar-refractivity contribution in [2.45, 2.75) is 11.2 Å². The van der Waals surface area contributed by atoms with Crippen molar-refractivity contribution in [2.24, 2.45) is 10.7 Å². The van der Waals surface area contributed by atoms with Gasteiger partial charge in [0, 0.05) is 18.4 Å². The number of anilines is 1. The van der Waals surface area contributed by atoms with Crippen LogP contribution in [-0.2, 0) is 19.7 Å². The van der Waals surface area contributed by atoms with E-state index >= 15 is 4.39 Å². The lowest BCUT2D eigenvalue weighted by Crippen LogP contribution is -2.55. The first-order valence-corrected chi connectivity index (χ1v) is 9.67. The third-order valence-electron chi connectivity index (χ3n) is 5.20. The number of alkyl halides is 1. The van der Waals surface area contributed by atoms with Crippen LogP contribution in [0, 0.1) is 5.82 Å². The minimum absolute atomic E-state index is 0.00509. The van der Waals surface area contributed by atoms with Crippen LogP contribution in [0.4, 0.5) is 14.5 Å². The number of rotatable bonds is 7. The third-order valence-corrected chi connectivity index (χ3v) is 5.20. The summed E-state index contributed by atoms with van der Waals surface area (Å²) >= 11 is 0. The number of carbonyl (C=O) groups excluding carboxylic acids is 1. The number of methoxy groups -OCH3 is 1. The number of halogens is 2. The number of hydrogen-bond acceptors (Lipinski definition) is 9. The zero-order valence-electron chi connectivity index (χ0n) is 17.1. The molecule has 170 valence electrons. The Hall–Kier alpha value is -3.38. The topological polar surface area (TPSA) is 130 Å². The summed E-state index contributed by atoms with van der Waals surface area (Å²) in [7, 11) is 1.54. The summed E-state index contributed by atoms with van der Waals surface area (Å²) in [5.41, 5.74) is 1.93. The van der Waals surface area contributed by atoms with Gasteiger partial charge in [0.25, 0.3) is 11.9 Å². The maximum absolute atomic E-state index is 15.6. The molecule has 3 N–H and O–H groups in total. The van der Waals surface area contributed by atoms with E-state index in [0.29, 0.717) is 6.61 Å². The minimum atomic E-state index is -2.11. The fourth-order valence-corrected chi connectivity index (χ4v) is 3.54. The molecule has 1 aromatic carbocycles. The molecule has 1 saturated heterocycles. The molecule has 0 radical (unpaired) electrons. The number of ether oxygens (including phenoxy) is 4. The number of nitrogens with two attached hydrogens (primary N) is 1. The second kappa shape index (κ2) is 8.63. The van der Waals surface area contributed by atoms with Gasteiger partial charge in [0.15, 0.2) is 11.2 Å². The molecule has 0 aliphatic carbocycles. The smallest absolute Gasteiger partial charge is 0.283 e. The Morgan fingerprint density at radius 2 is 2.09 bits per heavy atom. The van der Waals surface area contributed by atoms with Gasteiger partial charge in [0.1, 0.15) is 24.7 Å². The first kappa shape index (κ1) is 21.8. The van der Waals surface area contributed by atoms with E-state index in [2.05, 4.69) is 20.3 Å². The molecule has 10 nitrogen and oxygen atoms in total. The molecule has 2 aliphatic rings. The predicted molar refractivity (Wildman–Crippen MR) is 108 cm³/mol. The van der Waals surface area contributed by atoms with Crippen LogP contribution in [0.25, 0.3) is 0 Å². The fourth-order valence-electron chi connectivity index (χ4n) is 3.54. The molecule has 12 heteroatoms. The van der Waals surface area contributed by atoms with E-state index in [0.717, 1.165) is 6.07 Å². The van der Waals surface area contributed by atoms with Crippen LogP contribution in [0.2, 0.25) is 0 Å². The molecule has 0 saturated carbocycles. The Balaban J connectivity index is 1.56. The van der Waals surface area contributed by atoms with Crippen LogP contribution >= 0.6 is 0 Å². The summed E-state index contributed by atoms with van der Waals surface area (Å²) in [5.74, 6) is -1.08. The molecule has 2 aliphatic heterocycles. The standard InChI is InChI=1S/C20H21F2N5O5/c1-29-4-5-31-16-8-24-15(7-25-16)17(28)26-12-2-3-14(21)13(6-12)20-11-30-9-19(20,22)10-32-18(23)27-20/h2-3,6-8H,4-5,9-11H2,1H3,(H2,23,27)(H,26,28). The normalized spacial score (nSPS) is 24.3. The Kier molecular flexibility index (Phi) is 5.89. The largest absolute Gasteiger partial charge is 0.474 e. The zero-order valence-corrected chi connectivity index (χ0v) is 17.1. The van der Waals surface area contributed by atoms with E-state index in [-0.39, 0.29) is 48.7 Å². The van der Waals surface area contributed by atoms with E-state index in [1.54, 1.807) is 7.11 Å². The third kappa shape index (κ3) is 3.94. The summed E-state index contributed by atoms with van der Waals surface area (Å²) in [6.45, 7) is -0.307. The molecule has 1 aromatic heterocycles. The van der Waals surface area contributed by atoms with Crippen molar-refractivity contribution in [1.29, 1.82) is 0 Å². The van der Waals surface area contributed by atoms with Crippen molar-refractivity contribution in [2.75, 3.05) is 45.5 Å². The molecule has 2 aromatic rings. The van der Waals surface area contributed by atoms with Crippen LogP contribution < -0.4 is 15.8 Å².